The number of hydrogen-bond acceptors (Lipinski definition) is 6. The number of amides is 2. The number of carboxylic acid groups (broad SMARTS) is 1. The largest absolute Gasteiger partial charge is 0.490 e. The number of hydrogen-bond donors (Lipinski definition) is 2. The van der Waals surface area contributed by atoms with Gasteiger partial charge in [0.15, 0.2) is 0 Å². The maximum absolute atomic E-state index is 13.3. The lowest BCUT2D eigenvalue weighted by molar-refractivity contribution is -0.136. The summed E-state index contributed by atoms with van der Waals surface area (Å²) in [5, 5.41) is 11.8. The van der Waals surface area contributed by atoms with Gasteiger partial charge in [-0.05, 0) is 71.2 Å². The van der Waals surface area contributed by atoms with Gasteiger partial charge in [-0.1, -0.05) is 54.9 Å². The minimum atomic E-state index is -0.994. The molecule has 3 unspecified atom stereocenters. The van der Waals surface area contributed by atoms with Crippen LogP contribution in [-0.2, 0) is 20.9 Å². The van der Waals surface area contributed by atoms with E-state index >= 15 is 0 Å². The van der Waals surface area contributed by atoms with Gasteiger partial charge in [-0.3, -0.25) is 9.69 Å². The van der Waals surface area contributed by atoms with Crippen molar-refractivity contribution >= 4 is 35.4 Å². The molecule has 3 aromatic rings. The fourth-order valence-corrected chi connectivity index (χ4v) is 5.74. The third-order valence-electron chi connectivity index (χ3n) is 7.88. The highest BCUT2D eigenvalue weighted by atomic mass is 35.5. The van der Waals surface area contributed by atoms with Crippen molar-refractivity contribution in [1.82, 2.24) is 5.32 Å². The highest BCUT2D eigenvalue weighted by Gasteiger charge is 2.54. The zero-order valence-electron chi connectivity index (χ0n) is 23.5. The normalized spacial score (nSPS) is 18.4. The zero-order valence-corrected chi connectivity index (χ0v) is 24.2. The molecule has 1 heterocycles. The lowest BCUT2D eigenvalue weighted by Gasteiger charge is -2.30. The van der Waals surface area contributed by atoms with Crippen LogP contribution in [0, 0.1) is 18.8 Å². The van der Waals surface area contributed by atoms with Crippen molar-refractivity contribution in [3.63, 3.8) is 0 Å². The van der Waals surface area contributed by atoms with Crippen molar-refractivity contribution in [1.29, 1.82) is 0 Å². The van der Waals surface area contributed by atoms with E-state index < -0.39 is 18.2 Å². The maximum atomic E-state index is 13.3. The molecule has 2 N–H and O–H groups in total. The van der Waals surface area contributed by atoms with Gasteiger partial charge in [0.25, 0.3) is 0 Å². The molecule has 220 valence electrons. The fourth-order valence-electron chi connectivity index (χ4n) is 5.58. The summed E-state index contributed by atoms with van der Waals surface area (Å²) in [6.45, 7) is 5.04. The number of benzene rings is 3. The predicted octanol–water partition coefficient (Wildman–Crippen LogP) is 6.40. The predicted molar refractivity (Wildman–Crippen MR) is 158 cm³/mol. The first-order valence-electron chi connectivity index (χ1n) is 13.9. The smallest absolute Gasteiger partial charge is 0.414 e. The van der Waals surface area contributed by atoms with E-state index in [1.807, 2.05) is 55.5 Å². The number of carboxylic acids is 1. The number of anilines is 1. The van der Waals surface area contributed by atoms with Crippen molar-refractivity contribution in [2.75, 3.05) is 31.2 Å². The molecule has 0 radical (unpaired) electrons. The van der Waals surface area contributed by atoms with Crippen LogP contribution in [0.5, 0.6) is 5.75 Å². The standard InChI is InChI=1S/C32H33ClN2O7/c1-19-24-17-35(32(39)41-15-14-40-27-11-5-9-25(33)20(27)2)26-10-4-8-23(30(26)29(19)24)22-7-3-6-21(16-22)18-42-31(38)34-13-12-28(36)37/h3-11,16,19,24,29H,12-15,17-18H2,1-2H3,(H,34,38)(H,36,37). The highest BCUT2D eigenvalue weighted by Crippen LogP contribution is 2.61. The molecule has 42 heavy (non-hydrogen) atoms. The van der Waals surface area contributed by atoms with Gasteiger partial charge in [-0.15, -0.1) is 0 Å². The van der Waals surface area contributed by atoms with Crippen molar-refractivity contribution < 1.29 is 33.7 Å². The van der Waals surface area contributed by atoms with Crippen LogP contribution in [0.1, 0.15) is 36.0 Å². The zero-order chi connectivity index (χ0) is 29.8. The third-order valence-corrected chi connectivity index (χ3v) is 8.29. The lowest BCUT2D eigenvalue weighted by atomic mass is 9.91. The summed E-state index contributed by atoms with van der Waals surface area (Å²) in [4.78, 5) is 37.6. The van der Waals surface area contributed by atoms with Crippen molar-refractivity contribution in [2.24, 2.45) is 11.8 Å². The van der Waals surface area contributed by atoms with E-state index in [2.05, 4.69) is 18.3 Å². The van der Waals surface area contributed by atoms with E-state index in [1.54, 1.807) is 11.0 Å². The van der Waals surface area contributed by atoms with Crippen LogP contribution >= 0.6 is 11.6 Å². The molecule has 0 spiro atoms. The van der Waals surface area contributed by atoms with E-state index in [4.69, 9.17) is 30.9 Å². The molecule has 1 saturated carbocycles. The van der Waals surface area contributed by atoms with Crippen LogP contribution in [-0.4, -0.2) is 49.6 Å². The van der Waals surface area contributed by atoms with E-state index in [9.17, 15) is 14.4 Å². The van der Waals surface area contributed by atoms with Gasteiger partial charge in [-0.2, -0.15) is 0 Å². The summed E-state index contributed by atoms with van der Waals surface area (Å²) in [6.07, 6.45) is -1.25. The monoisotopic (exact) mass is 592 g/mol. The number of carbonyl (C=O) groups excluding carboxylic acids is 2. The van der Waals surface area contributed by atoms with Gasteiger partial charge in [0.1, 0.15) is 25.6 Å². The van der Waals surface area contributed by atoms with Crippen LogP contribution in [0.4, 0.5) is 15.3 Å². The quantitative estimate of drug-likeness (QED) is 0.262. The Morgan fingerprint density at radius 1 is 1.05 bits per heavy atom. The Bertz CT molecular complexity index is 1490. The Morgan fingerprint density at radius 3 is 2.64 bits per heavy atom. The summed E-state index contributed by atoms with van der Waals surface area (Å²) >= 11 is 6.16. The molecule has 3 atom stereocenters. The Kier molecular flexibility index (Phi) is 8.87. The van der Waals surface area contributed by atoms with Crippen molar-refractivity contribution in [2.45, 2.75) is 32.8 Å². The fraction of sp³-hybridized carbons (Fsp3) is 0.344. The highest BCUT2D eigenvalue weighted by molar-refractivity contribution is 6.31. The van der Waals surface area contributed by atoms with Gasteiger partial charge in [0, 0.05) is 23.7 Å². The second kappa shape index (κ2) is 12.7. The van der Waals surface area contributed by atoms with Crippen LogP contribution in [0.25, 0.3) is 11.1 Å². The number of halogens is 1. The van der Waals surface area contributed by atoms with Crippen molar-refractivity contribution in [3.05, 3.63) is 82.4 Å². The molecule has 10 heteroatoms. The summed E-state index contributed by atoms with van der Waals surface area (Å²) in [7, 11) is 0. The first kappa shape index (κ1) is 29.3. The van der Waals surface area contributed by atoms with E-state index in [1.165, 1.54) is 0 Å². The molecule has 2 aliphatic rings. The molecule has 5 rings (SSSR count). The number of rotatable bonds is 10. The maximum Gasteiger partial charge on any atom is 0.414 e. The van der Waals surface area contributed by atoms with Crippen LogP contribution in [0.2, 0.25) is 5.02 Å². The Balaban J connectivity index is 1.27. The minimum absolute atomic E-state index is 0.00136. The topological polar surface area (TPSA) is 114 Å². The summed E-state index contributed by atoms with van der Waals surface area (Å²) in [5.41, 5.74) is 5.57. The molecular weight excluding hydrogens is 560 g/mol. The molecule has 0 saturated heterocycles. The van der Waals surface area contributed by atoms with Gasteiger partial charge < -0.3 is 24.6 Å². The molecule has 0 bridgehead atoms. The Labute approximate surface area is 249 Å². The average Bonchev–Trinajstić information content (AvgIpc) is 3.64. The number of nitrogens with zero attached hydrogens (tertiary/aromatic N) is 1. The number of ether oxygens (including phenoxy) is 3. The van der Waals surface area contributed by atoms with Gasteiger partial charge in [0.05, 0.1) is 12.1 Å². The molecule has 1 fully saturated rings. The minimum Gasteiger partial charge on any atom is -0.490 e. The number of aliphatic carboxylic acids is 1. The second-order valence-corrected chi connectivity index (χ2v) is 11.0. The molecule has 9 nitrogen and oxygen atoms in total. The van der Waals surface area contributed by atoms with Crippen LogP contribution in [0.15, 0.2) is 60.7 Å². The third kappa shape index (κ3) is 6.46. The van der Waals surface area contributed by atoms with Gasteiger partial charge >= 0.3 is 18.2 Å². The van der Waals surface area contributed by atoms with Gasteiger partial charge in [0.2, 0.25) is 0 Å². The molecular formula is C32H33ClN2O7. The number of nitrogens with one attached hydrogen (secondary N) is 1. The van der Waals surface area contributed by atoms with Crippen molar-refractivity contribution in [3.8, 4) is 16.9 Å². The summed E-state index contributed by atoms with van der Waals surface area (Å²) in [5.74, 6) is 0.781. The Morgan fingerprint density at radius 2 is 1.83 bits per heavy atom. The number of fused-ring (bicyclic) bond motifs is 3. The Hall–Kier alpha value is -4.24. The lowest BCUT2D eigenvalue weighted by Crippen LogP contribution is -2.37. The van der Waals surface area contributed by atoms with Gasteiger partial charge in [-0.25, -0.2) is 9.59 Å². The second-order valence-electron chi connectivity index (χ2n) is 10.6. The first-order valence-corrected chi connectivity index (χ1v) is 14.3. The summed E-state index contributed by atoms with van der Waals surface area (Å²) in [6, 6.07) is 19.1. The molecule has 3 aromatic carbocycles. The molecule has 1 aliphatic heterocycles. The number of carbonyl (C=O) groups is 3. The molecule has 1 aliphatic carbocycles. The number of alkyl carbamates (subject to hydrolysis) is 1. The first-order chi connectivity index (χ1) is 20.2. The SMILES string of the molecule is Cc1c(Cl)cccc1OCCOC(=O)N1CC2C(C)C2c2c(-c3cccc(COC(=O)NCCC(=O)O)c3)cccc21. The van der Waals surface area contributed by atoms with E-state index in [0.717, 1.165) is 33.5 Å². The average molecular weight is 593 g/mol. The molecule has 0 aromatic heterocycles. The van der Waals surface area contributed by atoms with E-state index in [-0.39, 0.29) is 32.8 Å². The summed E-state index contributed by atoms with van der Waals surface area (Å²) < 4.78 is 16.7. The molecule has 2 amide bonds. The van der Waals surface area contributed by atoms with E-state index in [0.29, 0.717) is 35.1 Å². The van der Waals surface area contributed by atoms with Crippen LogP contribution in [0.3, 0.4) is 0 Å². The van der Waals surface area contributed by atoms with Crippen LogP contribution < -0.4 is 15.0 Å².